The first kappa shape index (κ1) is 14.5. The maximum Gasteiger partial charge on any atom is 0.265 e. The van der Waals surface area contributed by atoms with Gasteiger partial charge in [-0.2, -0.15) is 5.10 Å². The van der Waals surface area contributed by atoms with Crippen LogP contribution in [-0.2, 0) is 10.0 Å². The van der Waals surface area contributed by atoms with Crippen LogP contribution in [0.2, 0.25) is 0 Å². The monoisotopic (exact) mass is 316 g/mol. The molecule has 0 spiro atoms. The number of hydrogen-bond donors (Lipinski definition) is 2. The normalized spacial score (nSPS) is 11.8. The Morgan fingerprint density at radius 1 is 1.09 bits per heavy atom. The number of fused-ring (bicyclic) bond motifs is 1. The van der Waals surface area contributed by atoms with Crippen LogP contribution in [0.15, 0.2) is 35.2 Å². The molecule has 0 saturated carbocycles. The second-order valence-electron chi connectivity index (χ2n) is 5.20. The molecule has 7 heteroatoms. The molecule has 3 rings (SSSR count). The molecule has 0 amide bonds. The average Bonchev–Trinajstić information content (AvgIpc) is 2.79. The zero-order valence-electron chi connectivity index (χ0n) is 12.5. The summed E-state index contributed by atoms with van der Waals surface area (Å²) >= 11 is 0. The van der Waals surface area contributed by atoms with Crippen LogP contribution in [0.3, 0.4) is 0 Å². The third-order valence-corrected chi connectivity index (χ3v) is 5.06. The van der Waals surface area contributed by atoms with Crippen molar-refractivity contribution in [1.82, 2.24) is 15.2 Å². The van der Waals surface area contributed by atoms with E-state index in [0.29, 0.717) is 22.6 Å². The summed E-state index contributed by atoms with van der Waals surface area (Å²) in [6, 6.07) is 9.21. The lowest BCUT2D eigenvalue weighted by Gasteiger charge is -2.10. The van der Waals surface area contributed by atoms with Crippen molar-refractivity contribution in [2.75, 3.05) is 4.72 Å². The number of hydrogen-bond acceptors (Lipinski definition) is 4. The van der Waals surface area contributed by atoms with Crippen LogP contribution >= 0.6 is 0 Å². The fraction of sp³-hybridized carbons (Fsp3) is 0.200. The fourth-order valence-electron chi connectivity index (χ4n) is 2.46. The molecule has 3 aromatic rings. The van der Waals surface area contributed by atoms with Gasteiger partial charge in [0.05, 0.1) is 22.6 Å². The van der Waals surface area contributed by atoms with Gasteiger partial charge in [0.15, 0.2) is 0 Å². The van der Waals surface area contributed by atoms with Crippen molar-refractivity contribution in [2.45, 2.75) is 25.7 Å². The Kier molecular flexibility index (Phi) is 3.37. The first-order chi connectivity index (χ1) is 10.4. The van der Waals surface area contributed by atoms with Crippen LogP contribution in [0.4, 0.5) is 5.69 Å². The molecule has 0 atom stereocenters. The van der Waals surface area contributed by atoms with E-state index in [-0.39, 0.29) is 4.90 Å². The number of aryl methyl sites for hydroxylation is 3. The number of pyridine rings is 1. The highest BCUT2D eigenvalue weighted by molar-refractivity contribution is 7.92. The number of benzene rings is 1. The predicted octanol–water partition coefficient (Wildman–Crippen LogP) is 2.68. The van der Waals surface area contributed by atoms with Gasteiger partial charge in [0, 0.05) is 11.1 Å². The number of aromatic amines is 1. The van der Waals surface area contributed by atoms with Gasteiger partial charge in [-0.3, -0.25) is 14.8 Å². The summed E-state index contributed by atoms with van der Waals surface area (Å²) in [5.74, 6) is 0. The Bertz CT molecular complexity index is 941. The van der Waals surface area contributed by atoms with Gasteiger partial charge >= 0.3 is 0 Å². The topological polar surface area (TPSA) is 87.7 Å². The quantitative estimate of drug-likeness (QED) is 0.777. The summed E-state index contributed by atoms with van der Waals surface area (Å²) in [5, 5.41) is 7.51. The highest BCUT2D eigenvalue weighted by Crippen LogP contribution is 2.26. The minimum absolute atomic E-state index is 0.178. The minimum atomic E-state index is -3.72. The maximum atomic E-state index is 12.6. The van der Waals surface area contributed by atoms with E-state index in [1.54, 1.807) is 26.0 Å². The van der Waals surface area contributed by atoms with Crippen LogP contribution in [-0.4, -0.2) is 23.6 Å². The third-order valence-electron chi connectivity index (χ3n) is 3.43. The number of nitrogens with one attached hydrogen (secondary N) is 2. The zero-order chi connectivity index (χ0) is 15.9. The van der Waals surface area contributed by atoms with Crippen LogP contribution < -0.4 is 4.72 Å². The molecule has 0 aliphatic carbocycles. The van der Waals surface area contributed by atoms with Crippen LogP contribution in [0, 0.1) is 20.8 Å². The van der Waals surface area contributed by atoms with Crippen molar-refractivity contribution in [3.05, 3.63) is 47.4 Å². The maximum absolute atomic E-state index is 12.6. The van der Waals surface area contributed by atoms with E-state index in [4.69, 9.17) is 0 Å². The lowest BCUT2D eigenvalue weighted by Crippen LogP contribution is -2.15. The van der Waals surface area contributed by atoms with E-state index >= 15 is 0 Å². The molecule has 1 aromatic carbocycles. The molecule has 2 N–H and O–H groups in total. The van der Waals surface area contributed by atoms with Gasteiger partial charge in [0.1, 0.15) is 4.90 Å². The van der Waals surface area contributed by atoms with Gasteiger partial charge in [-0.1, -0.05) is 18.2 Å². The van der Waals surface area contributed by atoms with Gasteiger partial charge in [0.25, 0.3) is 10.0 Å². The second-order valence-corrected chi connectivity index (χ2v) is 6.82. The van der Waals surface area contributed by atoms with E-state index in [1.807, 2.05) is 25.1 Å². The Labute approximate surface area is 128 Å². The predicted molar refractivity (Wildman–Crippen MR) is 85.4 cm³/mol. The summed E-state index contributed by atoms with van der Waals surface area (Å²) in [7, 11) is -3.72. The van der Waals surface area contributed by atoms with Crippen molar-refractivity contribution in [3.8, 4) is 0 Å². The molecule has 6 nitrogen and oxygen atoms in total. The van der Waals surface area contributed by atoms with Crippen molar-refractivity contribution >= 4 is 26.6 Å². The number of anilines is 1. The first-order valence-corrected chi connectivity index (χ1v) is 8.27. The number of para-hydroxylation sites is 1. The number of sulfonamides is 1. The molecule has 0 unspecified atom stereocenters. The minimum Gasteiger partial charge on any atom is -0.281 e. The lowest BCUT2D eigenvalue weighted by atomic mass is 10.2. The molecular formula is C15H16N4O2S. The summed E-state index contributed by atoms with van der Waals surface area (Å²) < 4.78 is 27.9. The van der Waals surface area contributed by atoms with Crippen molar-refractivity contribution in [2.24, 2.45) is 0 Å². The van der Waals surface area contributed by atoms with Crippen molar-refractivity contribution in [3.63, 3.8) is 0 Å². The second kappa shape index (κ2) is 5.10. The lowest BCUT2D eigenvalue weighted by molar-refractivity contribution is 0.600. The van der Waals surface area contributed by atoms with E-state index in [9.17, 15) is 8.42 Å². The Morgan fingerprint density at radius 2 is 1.86 bits per heavy atom. The molecule has 0 aliphatic rings. The first-order valence-electron chi connectivity index (χ1n) is 6.79. The molecule has 114 valence electrons. The van der Waals surface area contributed by atoms with Crippen molar-refractivity contribution < 1.29 is 8.42 Å². The Balaban J connectivity index is 2.12. The summed E-state index contributed by atoms with van der Waals surface area (Å²) in [6.07, 6.45) is 0. The van der Waals surface area contributed by atoms with Crippen LogP contribution in [0.5, 0.6) is 0 Å². The van der Waals surface area contributed by atoms with E-state index < -0.39 is 10.0 Å². The Hall–Kier alpha value is -2.41. The smallest absolute Gasteiger partial charge is 0.265 e. The van der Waals surface area contributed by atoms with Crippen LogP contribution in [0.1, 0.15) is 17.1 Å². The fourth-order valence-corrected chi connectivity index (χ4v) is 3.90. The number of rotatable bonds is 3. The summed E-state index contributed by atoms with van der Waals surface area (Å²) in [4.78, 5) is 4.61. The largest absolute Gasteiger partial charge is 0.281 e. The van der Waals surface area contributed by atoms with Crippen molar-refractivity contribution in [1.29, 1.82) is 0 Å². The highest BCUT2D eigenvalue weighted by atomic mass is 32.2. The number of aromatic nitrogens is 3. The number of nitrogens with zero attached hydrogens (tertiary/aromatic N) is 2. The van der Waals surface area contributed by atoms with Gasteiger partial charge in [0.2, 0.25) is 0 Å². The standard InChI is InChI=1S/C15H16N4O2S/c1-9-7-8-12-5-4-6-13(14(12)16-9)19-22(20,21)15-10(2)17-18-11(15)3/h4-8,19H,1-3H3,(H,17,18). The molecule has 0 saturated heterocycles. The molecule has 2 aromatic heterocycles. The number of H-pyrrole nitrogens is 1. The third kappa shape index (κ3) is 2.43. The van der Waals surface area contributed by atoms with Gasteiger partial charge < -0.3 is 0 Å². The Morgan fingerprint density at radius 3 is 2.55 bits per heavy atom. The summed E-state index contributed by atoms with van der Waals surface area (Å²) in [6.45, 7) is 5.21. The highest BCUT2D eigenvalue weighted by Gasteiger charge is 2.23. The molecule has 22 heavy (non-hydrogen) atoms. The van der Waals surface area contributed by atoms with Crippen LogP contribution in [0.25, 0.3) is 10.9 Å². The van der Waals surface area contributed by atoms with Gasteiger partial charge in [-0.25, -0.2) is 8.42 Å². The molecule has 0 bridgehead atoms. The SMILES string of the molecule is Cc1ccc2cccc(NS(=O)(=O)c3c(C)n[nH]c3C)c2n1. The van der Waals surface area contributed by atoms with Gasteiger partial charge in [-0.05, 0) is 32.9 Å². The molecule has 0 aliphatic heterocycles. The molecular weight excluding hydrogens is 300 g/mol. The molecule has 0 fully saturated rings. The van der Waals surface area contributed by atoms with Gasteiger partial charge in [-0.15, -0.1) is 0 Å². The average molecular weight is 316 g/mol. The molecule has 0 radical (unpaired) electrons. The summed E-state index contributed by atoms with van der Waals surface area (Å²) in [5.41, 5.74) is 2.87. The molecule has 2 heterocycles. The van der Waals surface area contributed by atoms with E-state index in [2.05, 4.69) is 19.9 Å². The zero-order valence-corrected chi connectivity index (χ0v) is 13.3. The van der Waals surface area contributed by atoms with E-state index in [1.165, 1.54) is 0 Å². The van der Waals surface area contributed by atoms with E-state index in [0.717, 1.165) is 11.1 Å².